The Labute approximate surface area is 71.5 Å². The van der Waals surface area contributed by atoms with Crippen molar-refractivity contribution in [3.8, 4) is 0 Å². The molecule has 6 heteroatoms. The molecule has 0 aromatic heterocycles. The number of carboxylic acid groups (broad SMARTS) is 1. The minimum absolute atomic E-state index is 0.133. The Hall–Kier alpha value is -0.620. The SMILES string of the molecule is CC[C@@H](OS(=O)(=O)CC)C(=O)O. The van der Waals surface area contributed by atoms with Crippen molar-refractivity contribution in [2.24, 2.45) is 0 Å². The van der Waals surface area contributed by atoms with Crippen LogP contribution in [0, 0.1) is 0 Å². The van der Waals surface area contributed by atoms with Crippen LogP contribution in [-0.2, 0) is 19.1 Å². The van der Waals surface area contributed by atoms with E-state index in [0.29, 0.717) is 0 Å². The lowest BCUT2D eigenvalue weighted by molar-refractivity contribution is -0.145. The van der Waals surface area contributed by atoms with Gasteiger partial charge in [-0.3, -0.25) is 4.18 Å². The Bertz CT molecular complexity index is 243. The zero-order valence-corrected chi connectivity index (χ0v) is 7.80. The summed E-state index contributed by atoms with van der Waals surface area (Å²) in [5.41, 5.74) is 0. The molecule has 1 atom stereocenters. The first-order chi connectivity index (χ1) is 5.43. The maximum absolute atomic E-state index is 10.8. The molecule has 0 radical (unpaired) electrons. The Kier molecular flexibility index (Phi) is 4.19. The van der Waals surface area contributed by atoms with E-state index in [9.17, 15) is 13.2 Å². The molecule has 0 fully saturated rings. The molecule has 0 aromatic rings. The lowest BCUT2D eigenvalue weighted by Crippen LogP contribution is -2.27. The van der Waals surface area contributed by atoms with Gasteiger partial charge in [0, 0.05) is 0 Å². The van der Waals surface area contributed by atoms with Crippen LogP contribution in [0.25, 0.3) is 0 Å². The monoisotopic (exact) mass is 196 g/mol. The van der Waals surface area contributed by atoms with Crippen molar-refractivity contribution in [2.45, 2.75) is 26.4 Å². The van der Waals surface area contributed by atoms with E-state index in [1.165, 1.54) is 6.92 Å². The summed E-state index contributed by atoms with van der Waals surface area (Å²) in [6.45, 7) is 2.94. The fourth-order valence-corrected chi connectivity index (χ4v) is 1.24. The van der Waals surface area contributed by atoms with E-state index in [1.807, 2.05) is 0 Å². The Morgan fingerprint density at radius 1 is 1.50 bits per heavy atom. The van der Waals surface area contributed by atoms with Crippen molar-refractivity contribution in [1.82, 2.24) is 0 Å². The zero-order valence-electron chi connectivity index (χ0n) is 6.98. The minimum Gasteiger partial charge on any atom is -0.479 e. The van der Waals surface area contributed by atoms with Crippen LogP contribution in [0.4, 0.5) is 0 Å². The van der Waals surface area contributed by atoms with Crippen LogP contribution in [0.3, 0.4) is 0 Å². The van der Waals surface area contributed by atoms with Crippen LogP contribution in [0.2, 0.25) is 0 Å². The van der Waals surface area contributed by atoms with Gasteiger partial charge in [0.05, 0.1) is 5.75 Å². The van der Waals surface area contributed by atoms with Crippen LogP contribution in [-0.4, -0.2) is 31.4 Å². The maximum Gasteiger partial charge on any atom is 0.334 e. The van der Waals surface area contributed by atoms with Gasteiger partial charge in [0.25, 0.3) is 10.1 Å². The third-order valence-corrected chi connectivity index (χ3v) is 2.50. The topological polar surface area (TPSA) is 80.7 Å². The number of aliphatic carboxylic acids is 1. The van der Waals surface area contributed by atoms with E-state index in [1.54, 1.807) is 6.92 Å². The summed E-state index contributed by atoms with van der Waals surface area (Å²) in [6.07, 6.45) is -1.12. The predicted octanol–water partition coefficient (Wildman–Crippen LogP) is 0.216. The molecular weight excluding hydrogens is 184 g/mol. The van der Waals surface area contributed by atoms with Crippen molar-refractivity contribution in [3.63, 3.8) is 0 Å². The highest BCUT2D eigenvalue weighted by Gasteiger charge is 2.22. The third kappa shape index (κ3) is 3.68. The summed E-state index contributed by atoms with van der Waals surface area (Å²) < 4.78 is 25.9. The average molecular weight is 196 g/mol. The van der Waals surface area contributed by atoms with E-state index < -0.39 is 22.2 Å². The zero-order chi connectivity index (χ0) is 9.78. The van der Waals surface area contributed by atoms with Crippen LogP contribution >= 0.6 is 0 Å². The first-order valence-electron chi connectivity index (χ1n) is 3.56. The summed E-state index contributed by atoms with van der Waals surface area (Å²) in [4.78, 5) is 10.3. The largest absolute Gasteiger partial charge is 0.479 e. The van der Waals surface area contributed by atoms with Gasteiger partial charge in [-0.1, -0.05) is 6.92 Å². The van der Waals surface area contributed by atoms with E-state index in [2.05, 4.69) is 4.18 Å². The summed E-state index contributed by atoms with van der Waals surface area (Å²) in [7, 11) is -3.66. The van der Waals surface area contributed by atoms with Crippen LogP contribution in [0.15, 0.2) is 0 Å². The first-order valence-corrected chi connectivity index (χ1v) is 5.14. The molecule has 0 saturated carbocycles. The second-order valence-corrected chi connectivity index (χ2v) is 4.06. The fraction of sp³-hybridized carbons (Fsp3) is 0.833. The molecule has 0 heterocycles. The number of carboxylic acids is 1. The molecule has 72 valence electrons. The number of carbonyl (C=O) groups is 1. The minimum atomic E-state index is -3.66. The number of rotatable bonds is 5. The van der Waals surface area contributed by atoms with Gasteiger partial charge >= 0.3 is 5.97 Å². The highest BCUT2D eigenvalue weighted by molar-refractivity contribution is 7.86. The second-order valence-electron chi connectivity index (χ2n) is 2.18. The van der Waals surface area contributed by atoms with Crippen molar-refractivity contribution >= 4 is 16.1 Å². The summed E-state index contributed by atoms with van der Waals surface area (Å²) in [6, 6.07) is 0. The smallest absolute Gasteiger partial charge is 0.334 e. The molecule has 0 aliphatic rings. The van der Waals surface area contributed by atoms with Crippen molar-refractivity contribution < 1.29 is 22.5 Å². The summed E-state index contributed by atoms with van der Waals surface area (Å²) in [5.74, 6) is -1.47. The molecule has 0 aliphatic heterocycles. The molecule has 12 heavy (non-hydrogen) atoms. The van der Waals surface area contributed by atoms with E-state index in [-0.39, 0.29) is 12.2 Å². The molecule has 0 aromatic carbocycles. The van der Waals surface area contributed by atoms with Gasteiger partial charge in [0.15, 0.2) is 6.10 Å². The van der Waals surface area contributed by atoms with Crippen molar-refractivity contribution in [1.29, 1.82) is 0 Å². The number of hydrogen-bond acceptors (Lipinski definition) is 4. The lowest BCUT2D eigenvalue weighted by atomic mass is 10.3. The van der Waals surface area contributed by atoms with Crippen LogP contribution < -0.4 is 0 Å². The highest BCUT2D eigenvalue weighted by Crippen LogP contribution is 2.04. The fourth-order valence-electron chi connectivity index (χ4n) is 0.529. The Morgan fingerprint density at radius 3 is 2.25 bits per heavy atom. The van der Waals surface area contributed by atoms with Gasteiger partial charge in [-0.25, -0.2) is 4.79 Å². The summed E-state index contributed by atoms with van der Waals surface area (Å²) in [5, 5.41) is 8.44. The molecule has 1 N–H and O–H groups in total. The van der Waals surface area contributed by atoms with E-state index >= 15 is 0 Å². The molecule has 0 rings (SSSR count). The van der Waals surface area contributed by atoms with Crippen LogP contribution in [0.5, 0.6) is 0 Å². The second kappa shape index (κ2) is 4.42. The van der Waals surface area contributed by atoms with Crippen molar-refractivity contribution in [2.75, 3.05) is 5.75 Å². The van der Waals surface area contributed by atoms with E-state index in [0.717, 1.165) is 0 Å². The predicted molar refractivity (Wildman–Crippen MR) is 42.3 cm³/mol. The molecule has 0 saturated heterocycles. The molecular formula is C6H12O5S. The van der Waals surface area contributed by atoms with Crippen LogP contribution in [0.1, 0.15) is 20.3 Å². The highest BCUT2D eigenvalue weighted by atomic mass is 32.2. The molecule has 0 spiro atoms. The standard InChI is InChI=1S/C6H12O5S/c1-3-5(6(7)8)11-12(9,10)4-2/h5H,3-4H2,1-2H3,(H,7,8)/t5-/m1/s1. The molecule has 0 amide bonds. The molecule has 0 aliphatic carbocycles. The average Bonchev–Trinajstić information content (AvgIpc) is 2.00. The molecule has 0 bridgehead atoms. The third-order valence-electron chi connectivity index (χ3n) is 1.26. The van der Waals surface area contributed by atoms with Gasteiger partial charge in [-0.2, -0.15) is 8.42 Å². The number of hydrogen-bond donors (Lipinski definition) is 1. The van der Waals surface area contributed by atoms with Gasteiger partial charge in [-0.05, 0) is 13.3 Å². The van der Waals surface area contributed by atoms with Gasteiger partial charge in [0.2, 0.25) is 0 Å². The molecule has 5 nitrogen and oxygen atoms in total. The van der Waals surface area contributed by atoms with E-state index in [4.69, 9.17) is 5.11 Å². The Morgan fingerprint density at radius 2 is 2.00 bits per heavy atom. The first kappa shape index (κ1) is 11.4. The lowest BCUT2D eigenvalue weighted by Gasteiger charge is -2.09. The van der Waals surface area contributed by atoms with Gasteiger partial charge in [0.1, 0.15) is 0 Å². The summed E-state index contributed by atoms with van der Waals surface area (Å²) >= 11 is 0. The Balaban J connectivity index is 4.32. The molecule has 0 unspecified atom stereocenters. The maximum atomic E-state index is 10.8. The van der Waals surface area contributed by atoms with Gasteiger partial charge < -0.3 is 5.11 Å². The van der Waals surface area contributed by atoms with Gasteiger partial charge in [-0.15, -0.1) is 0 Å². The normalized spacial score (nSPS) is 14.2. The quantitative estimate of drug-likeness (QED) is 0.636. The van der Waals surface area contributed by atoms with Crippen molar-refractivity contribution in [3.05, 3.63) is 0 Å².